The second-order valence-electron chi connectivity index (χ2n) is 8.58. The van der Waals surface area contributed by atoms with Crippen LogP contribution in [0.1, 0.15) is 66.7 Å². The van der Waals surface area contributed by atoms with Gasteiger partial charge in [-0.3, -0.25) is 4.79 Å². The van der Waals surface area contributed by atoms with E-state index in [1.165, 1.54) is 12.5 Å². The SMILES string of the molecule is CC(=O)O[C@H]1CC=C(C)[C@@H]2CC3=C(C)C(=O)O[C@@]3(O)C=C(C)CCC[C@@]12C. The zero-order valence-corrected chi connectivity index (χ0v) is 16.9. The Morgan fingerprint density at radius 1 is 1.33 bits per heavy atom. The molecule has 0 unspecified atom stereocenters. The minimum atomic E-state index is -1.67. The molecule has 0 aromatic carbocycles. The van der Waals surface area contributed by atoms with E-state index in [1.54, 1.807) is 13.0 Å². The Hall–Kier alpha value is -1.88. The molecular formula is C22H30O5. The maximum absolute atomic E-state index is 12.2. The molecule has 1 heterocycles. The van der Waals surface area contributed by atoms with Crippen LogP contribution in [0.5, 0.6) is 0 Å². The Kier molecular flexibility index (Phi) is 5.10. The Labute approximate surface area is 161 Å². The third kappa shape index (κ3) is 3.49. The van der Waals surface area contributed by atoms with Crippen molar-refractivity contribution in [3.63, 3.8) is 0 Å². The number of carbonyl (C=O) groups is 2. The van der Waals surface area contributed by atoms with Gasteiger partial charge in [0, 0.05) is 29.9 Å². The van der Waals surface area contributed by atoms with Gasteiger partial charge in [-0.25, -0.2) is 4.79 Å². The molecule has 27 heavy (non-hydrogen) atoms. The van der Waals surface area contributed by atoms with Gasteiger partial charge in [0.2, 0.25) is 0 Å². The number of esters is 2. The highest BCUT2D eigenvalue weighted by molar-refractivity contribution is 5.92. The van der Waals surface area contributed by atoms with Gasteiger partial charge < -0.3 is 14.6 Å². The van der Waals surface area contributed by atoms with Crippen molar-refractivity contribution in [2.45, 2.75) is 78.6 Å². The van der Waals surface area contributed by atoms with Crippen LogP contribution >= 0.6 is 0 Å². The quantitative estimate of drug-likeness (QED) is 0.555. The molecule has 2 aliphatic carbocycles. The van der Waals surface area contributed by atoms with E-state index in [0.717, 1.165) is 24.8 Å². The number of carbonyl (C=O) groups excluding carboxylic acids is 2. The standard InChI is InChI=1S/C22H30O5/c1-13-7-6-10-21(5)17(14(2)8-9-19(21)26-16(4)23)11-18-15(3)20(24)27-22(18,25)12-13/h8,12,17,19,25H,6-7,9-11H2,1-5H3/t17-,19-,21+,22-/m0/s1. The van der Waals surface area contributed by atoms with Crippen LogP contribution in [0.3, 0.4) is 0 Å². The predicted octanol–water partition coefficient (Wildman–Crippen LogP) is 3.97. The summed E-state index contributed by atoms with van der Waals surface area (Å²) < 4.78 is 11.1. The molecular weight excluding hydrogens is 344 g/mol. The molecule has 0 aromatic heterocycles. The van der Waals surface area contributed by atoms with Crippen LogP contribution in [0.4, 0.5) is 0 Å². The lowest BCUT2D eigenvalue weighted by Crippen LogP contribution is -2.46. The summed E-state index contributed by atoms with van der Waals surface area (Å²) in [5.74, 6) is -2.34. The number of aliphatic hydroxyl groups is 1. The monoisotopic (exact) mass is 374 g/mol. The van der Waals surface area contributed by atoms with Crippen LogP contribution < -0.4 is 0 Å². The van der Waals surface area contributed by atoms with Crippen molar-refractivity contribution in [1.82, 2.24) is 0 Å². The van der Waals surface area contributed by atoms with E-state index < -0.39 is 11.8 Å². The molecule has 5 heteroatoms. The van der Waals surface area contributed by atoms with Gasteiger partial charge >= 0.3 is 11.9 Å². The van der Waals surface area contributed by atoms with Crippen molar-refractivity contribution in [1.29, 1.82) is 0 Å². The third-order valence-corrected chi connectivity index (χ3v) is 6.62. The third-order valence-electron chi connectivity index (χ3n) is 6.62. The van der Waals surface area contributed by atoms with Gasteiger partial charge in [-0.05, 0) is 58.4 Å². The summed E-state index contributed by atoms with van der Waals surface area (Å²) in [4.78, 5) is 23.9. The lowest BCUT2D eigenvalue weighted by molar-refractivity contribution is -0.169. The molecule has 148 valence electrons. The van der Waals surface area contributed by atoms with Crippen molar-refractivity contribution < 1.29 is 24.2 Å². The van der Waals surface area contributed by atoms with E-state index in [0.29, 0.717) is 24.0 Å². The lowest BCUT2D eigenvalue weighted by atomic mass is 9.60. The van der Waals surface area contributed by atoms with E-state index in [4.69, 9.17) is 9.47 Å². The van der Waals surface area contributed by atoms with Crippen molar-refractivity contribution in [3.05, 3.63) is 34.4 Å². The molecule has 4 atom stereocenters. The first kappa shape index (κ1) is 19.9. The van der Waals surface area contributed by atoms with E-state index in [1.807, 2.05) is 6.92 Å². The highest BCUT2D eigenvalue weighted by Gasteiger charge is 2.50. The van der Waals surface area contributed by atoms with Gasteiger partial charge in [0.15, 0.2) is 0 Å². The molecule has 0 aromatic rings. The highest BCUT2D eigenvalue weighted by atomic mass is 16.7. The van der Waals surface area contributed by atoms with Crippen molar-refractivity contribution in [2.75, 3.05) is 0 Å². The molecule has 3 rings (SSSR count). The fourth-order valence-corrected chi connectivity index (χ4v) is 5.01. The highest BCUT2D eigenvalue weighted by Crippen LogP contribution is 2.52. The second kappa shape index (κ2) is 6.93. The molecule has 0 amide bonds. The number of hydrogen-bond acceptors (Lipinski definition) is 5. The summed E-state index contributed by atoms with van der Waals surface area (Å²) in [6.07, 6.45) is 7.43. The summed E-state index contributed by atoms with van der Waals surface area (Å²) in [5.41, 5.74) is 3.05. The lowest BCUT2D eigenvalue weighted by Gasteiger charge is -2.47. The van der Waals surface area contributed by atoms with Crippen LogP contribution in [-0.2, 0) is 19.1 Å². The topological polar surface area (TPSA) is 72.8 Å². The normalized spacial score (nSPS) is 36.9. The molecule has 1 N–H and O–H groups in total. The molecule has 5 nitrogen and oxygen atoms in total. The van der Waals surface area contributed by atoms with E-state index >= 15 is 0 Å². The first-order chi connectivity index (χ1) is 12.6. The van der Waals surface area contributed by atoms with Crippen molar-refractivity contribution >= 4 is 11.9 Å². The average molecular weight is 374 g/mol. The summed E-state index contributed by atoms with van der Waals surface area (Å²) >= 11 is 0. The maximum Gasteiger partial charge on any atom is 0.336 e. The summed E-state index contributed by atoms with van der Waals surface area (Å²) in [7, 11) is 0. The first-order valence-corrected chi connectivity index (χ1v) is 9.75. The minimum Gasteiger partial charge on any atom is -0.462 e. The van der Waals surface area contributed by atoms with Gasteiger partial charge in [0.05, 0.1) is 0 Å². The van der Waals surface area contributed by atoms with Crippen molar-refractivity contribution in [3.8, 4) is 0 Å². The van der Waals surface area contributed by atoms with Crippen molar-refractivity contribution in [2.24, 2.45) is 11.3 Å². The molecule has 1 aliphatic heterocycles. The summed E-state index contributed by atoms with van der Waals surface area (Å²) in [5, 5.41) is 11.1. The molecule has 0 bridgehead atoms. The smallest absolute Gasteiger partial charge is 0.336 e. The second-order valence-corrected chi connectivity index (χ2v) is 8.58. The van der Waals surface area contributed by atoms with Crippen LogP contribution in [0.2, 0.25) is 0 Å². The number of fused-ring (bicyclic) bond motifs is 2. The number of hydrogen-bond donors (Lipinski definition) is 1. The summed E-state index contributed by atoms with van der Waals surface area (Å²) in [6, 6.07) is 0. The zero-order valence-electron chi connectivity index (χ0n) is 16.9. The van der Waals surface area contributed by atoms with E-state index in [9.17, 15) is 14.7 Å². The van der Waals surface area contributed by atoms with E-state index in [2.05, 4.69) is 19.9 Å². The number of ether oxygens (including phenoxy) is 2. The Morgan fingerprint density at radius 3 is 2.70 bits per heavy atom. The largest absolute Gasteiger partial charge is 0.462 e. The molecule has 0 spiro atoms. The molecule has 0 saturated carbocycles. The average Bonchev–Trinajstić information content (AvgIpc) is 2.76. The van der Waals surface area contributed by atoms with Gasteiger partial charge in [-0.15, -0.1) is 0 Å². The number of allylic oxidation sites excluding steroid dienone is 2. The Bertz CT molecular complexity index is 759. The fraction of sp³-hybridized carbons (Fsp3) is 0.636. The van der Waals surface area contributed by atoms with E-state index in [-0.39, 0.29) is 23.4 Å². The van der Waals surface area contributed by atoms with Crippen LogP contribution in [-0.4, -0.2) is 28.9 Å². The van der Waals surface area contributed by atoms with Crippen LogP contribution in [0.25, 0.3) is 0 Å². The Balaban J connectivity index is 2.10. The molecule has 0 radical (unpaired) electrons. The van der Waals surface area contributed by atoms with Gasteiger partial charge in [-0.2, -0.15) is 0 Å². The molecule has 0 saturated heterocycles. The van der Waals surface area contributed by atoms with Crippen LogP contribution in [0.15, 0.2) is 34.4 Å². The minimum absolute atomic E-state index is 0.0633. The zero-order chi connectivity index (χ0) is 20.0. The maximum atomic E-state index is 12.2. The molecule has 0 fully saturated rings. The number of rotatable bonds is 1. The summed E-state index contributed by atoms with van der Waals surface area (Å²) in [6.45, 7) is 9.38. The first-order valence-electron chi connectivity index (χ1n) is 9.75. The Morgan fingerprint density at radius 2 is 2.04 bits per heavy atom. The van der Waals surface area contributed by atoms with Gasteiger partial charge in [0.1, 0.15) is 6.10 Å². The fourth-order valence-electron chi connectivity index (χ4n) is 5.01. The van der Waals surface area contributed by atoms with Gasteiger partial charge in [0.25, 0.3) is 5.79 Å². The predicted molar refractivity (Wildman–Crippen MR) is 101 cm³/mol. The van der Waals surface area contributed by atoms with Gasteiger partial charge in [-0.1, -0.05) is 24.1 Å². The molecule has 3 aliphatic rings. The van der Waals surface area contributed by atoms with Crippen LogP contribution in [0, 0.1) is 11.3 Å².